The van der Waals surface area contributed by atoms with Crippen LogP contribution in [0.5, 0.6) is 11.5 Å². The van der Waals surface area contributed by atoms with Crippen LogP contribution in [0.25, 0.3) is 44.8 Å². The van der Waals surface area contributed by atoms with Gasteiger partial charge in [0.15, 0.2) is 11.6 Å². The van der Waals surface area contributed by atoms with Crippen molar-refractivity contribution in [1.29, 1.82) is 0 Å². The number of aromatic nitrogens is 6. The molecule has 0 saturated carbocycles. The first-order chi connectivity index (χ1) is 49.4. The van der Waals surface area contributed by atoms with Gasteiger partial charge in [-0.3, -0.25) is 48.5 Å². The molecule has 4 aromatic heterocycles. The van der Waals surface area contributed by atoms with E-state index in [9.17, 15) is 28.8 Å². The second-order valence-corrected chi connectivity index (χ2v) is 28.1. The number of pyridine rings is 2. The van der Waals surface area contributed by atoms with Gasteiger partial charge in [-0.05, 0) is 62.1 Å². The molecule has 4 aromatic carbocycles. The fourth-order valence-electron chi connectivity index (χ4n) is 14.4. The Morgan fingerprint density at radius 3 is 1.25 bits per heavy atom. The van der Waals surface area contributed by atoms with E-state index in [-0.39, 0.29) is 59.6 Å². The highest BCUT2D eigenvalue weighted by Crippen LogP contribution is 2.44. The highest BCUT2D eigenvalue weighted by molar-refractivity contribution is 6.40. The second kappa shape index (κ2) is 31.7. The Hall–Kier alpha value is -8.98. The molecule has 6 aliphatic rings. The number of hydrogen-bond donors (Lipinski definition) is 8. The maximum atomic E-state index is 13.6. The van der Waals surface area contributed by atoms with Crippen LogP contribution < -0.4 is 52.0 Å². The maximum absolute atomic E-state index is 13.6. The van der Waals surface area contributed by atoms with Crippen LogP contribution >= 0.6 is 46.4 Å². The van der Waals surface area contributed by atoms with Gasteiger partial charge in [0.1, 0.15) is 11.5 Å². The molecule has 10 heterocycles. The number of fused-ring (bicyclic) bond motifs is 2. The Morgan fingerprint density at radius 1 is 0.500 bits per heavy atom. The van der Waals surface area contributed by atoms with Crippen LogP contribution in [0.2, 0.25) is 20.1 Å². The number of carbonyl (C=O) groups is 6. The van der Waals surface area contributed by atoms with Gasteiger partial charge in [0.2, 0.25) is 23.6 Å². The Balaban J connectivity index is 0.000000182. The van der Waals surface area contributed by atoms with Crippen molar-refractivity contribution in [2.45, 2.75) is 115 Å². The lowest BCUT2D eigenvalue weighted by atomic mass is 10.0. The normalized spacial score (nSPS) is 18.7. The first kappa shape index (κ1) is 71.4. The van der Waals surface area contributed by atoms with Gasteiger partial charge in [-0.2, -0.15) is 0 Å². The molecule has 4 saturated heterocycles. The SMILES string of the molecule is COc1cc(-c2nccc(-c3cccc(NC(=O)c4nc5c(n4C)CCN(CC4CCC(=O)N4)C5)c3Cl)c2Cl)ccc1CNCC1CCC(=O)N1.COc1cc(-c2nccc(-c3cccc(NC(=O)c4nc5c(n4C)CCN(CC4CCC(=O)N4)C5)c3Cl)c2Cl)ccc1CNCC1CCC(=O)N1. The molecule has 28 heteroatoms. The summed E-state index contributed by atoms with van der Waals surface area (Å²) in [5.41, 5.74) is 11.9. The van der Waals surface area contributed by atoms with Gasteiger partial charge in [0.05, 0.1) is 68.5 Å². The lowest BCUT2D eigenvalue weighted by molar-refractivity contribution is -0.120. The number of halogens is 4. The molecular formula is C74H80Cl4N16O8. The lowest BCUT2D eigenvalue weighted by Crippen LogP contribution is -2.41. The van der Waals surface area contributed by atoms with Gasteiger partial charge in [0.25, 0.3) is 11.8 Å². The Kier molecular flexibility index (Phi) is 22.2. The molecule has 24 nitrogen and oxygen atoms in total. The van der Waals surface area contributed by atoms with Crippen LogP contribution in [-0.2, 0) is 72.3 Å². The third-order valence-electron chi connectivity index (χ3n) is 19.8. The summed E-state index contributed by atoms with van der Waals surface area (Å²) in [4.78, 5) is 96.8. The van der Waals surface area contributed by atoms with Crippen molar-refractivity contribution < 1.29 is 38.2 Å². The van der Waals surface area contributed by atoms with Gasteiger partial charge in [0, 0.05) is 211 Å². The zero-order chi connectivity index (χ0) is 71.3. The largest absolute Gasteiger partial charge is 0.496 e. The van der Waals surface area contributed by atoms with E-state index in [4.69, 9.17) is 65.8 Å². The van der Waals surface area contributed by atoms with Crippen LogP contribution in [0.15, 0.2) is 97.3 Å². The molecule has 4 atom stereocenters. The van der Waals surface area contributed by atoms with E-state index >= 15 is 0 Å². The number of methoxy groups -OCH3 is 2. The summed E-state index contributed by atoms with van der Waals surface area (Å²) in [5.74, 6) is 1.66. The van der Waals surface area contributed by atoms with Crippen molar-refractivity contribution in [3.05, 3.63) is 163 Å². The van der Waals surface area contributed by atoms with E-state index in [0.29, 0.717) is 153 Å². The molecule has 8 aromatic rings. The number of rotatable bonds is 22. The second-order valence-electron chi connectivity index (χ2n) is 26.6. The van der Waals surface area contributed by atoms with Crippen LogP contribution in [0.1, 0.15) is 107 Å². The molecule has 532 valence electrons. The van der Waals surface area contributed by atoms with Gasteiger partial charge in [-0.25, -0.2) is 9.97 Å². The lowest BCUT2D eigenvalue weighted by Gasteiger charge is -2.28. The Labute approximate surface area is 610 Å². The number of amides is 6. The van der Waals surface area contributed by atoms with Crippen molar-refractivity contribution in [2.75, 3.05) is 64.1 Å². The van der Waals surface area contributed by atoms with E-state index in [1.165, 1.54) is 0 Å². The molecule has 8 N–H and O–H groups in total. The van der Waals surface area contributed by atoms with E-state index in [1.807, 2.05) is 83.9 Å². The zero-order valence-electron chi connectivity index (χ0n) is 57.0. The van der Waals surface area contributed by atoms with Gasteiger partial charge < -0.3 is 61.1 Å². The molecule has 14 rings (SSSR count). The summed E-state index contributed by atoms with van der Waals surface area (Å²) in [6.07, 6.45) is 10.5. The summed E-state index contributed by atoms with van der Waals surface area (Å²) in [6, 6.07) is 26.7. The standard InChI is InChI=1S/2C37H40Cl2N8O4/c2*1-46-29-13-15-47(19-24-9-11-32(49)43-24)20-28(29)44-36(46)37(50)45-27-5-3-4-25(33(27)38)26-12-14-41-35(34(26)39)21-6-7-22(30(16-21)51-2)17-40-18-23-8-10-31(48)42-23/h2*3-7,12,14,16,23-24,40H,8-11,13,15,17-20H2,1-2H3,(H,42,48)(H,43,49)(H,45,50). The Bertz CT molecular complexity index is 4280. The van der Waals surface area contributed by atoms with Gasteiger partial charge >= 0.3 is 0 Å². The fourth-order valence-corrected chi connectivity index (χ4v) is 15.6. The molecule has 0 aliphatic carbocycles. The van der Waals surface area contributed by atoms with Crippen molar-refractivity contribution in [3.8, 4) is 56.3 Å². The van der Waals surface area contributed by atoms with Crippen LogP contribution in [-0.4, -0.2) is 152 Å². The first-order valence-corrected chi connectivity index (χ1v) is 35.8. The molecule has 6 amide bonds. The summed E-state index contributed by atoms with van der Waals surface area (Å²) < 4.78 is 15.1. The van der Waals surface area contributed by atoms with Crippen molar-refractivity contribution >= 4 is 93.2 Å². The van der Waals surface area contributed by atoms with Crippen LogP contribution in [0.3, 0.4) is 0 Å². The number of carbonyl (C=O) groups excluding carboxylic acids is 6. The predicted octanol–water partition coefficient (Wildman–Crippen LogP) is 9.44. The van der Waals surface area contributed by atoms with Crippen molar-refractivity contribution in [2.24, 2.45) is 14.1 Å². The molecule has 0 radical (unpaired) electrons. The van der Waals surface area contributed by atoms with Crippen LogP contribution in [0.4, 0.5) is 11.4 Å². The number of benzene rings is 4. The number of nitrogens with one attached hydrogen (secondary N) is 8. The summed E-state index contributed by atoms with van der Waals surface area (Å²) in [5, 5.41) is 26.3. The minimum Gasteiger partial charge on any atom is -0.496 e. The summed E-state index contributed by atoms with van der Waals surface area (Å²) in [7, 11) is 6.97. The number of ether oxygens (including phenoxy) is 2. The molecule has 6 aliphatic heterocycles. The first-order valence-electron chi connectivity index (χ1n) is 34.3. The topological polar surface area (TPSA) is 285 Å². The summed E-state index contributed by atoms with van der Waals surface area (Å²) >= 11 is 28.0. The van der Waals surface area contributed by atoms with Crippen molar-refractivity contribution in [1.82, 2.24) is 70.8 Å². The number of anilines is 2. The van der Waals surface area contributed by atoms with E-state index < -0.39 is 0 Å². The minimum absolute atomic E-state index is 0.0947. The van der Waals surface area contributed by atoms with Crippen molar-refractivity contribution in [3.63, 3.8) is 0 Å². The maximum Gasteiger partial charge on any atom is 0.291 e. The average Bonchev–Trinajstić information content (AvgIpc) is 1.31. The highest BCUT2D eigenvalue weighted by atomic mass is 35.5. The number of imidazole rings is 2. The molecule has 4 unspecified atom stereocenters. The quantitative estimate of drug-likeness (QED) is 0.0313. The van der Waals surface area contributed by atoms with E-state index in [0.717, 1.165) is 110 Å². The van der Waals surface area contributed by atoms with Crippen LogP contribution in [0, 0.1) is 0 Å². The number of nitrogens with zero attached hydrogens (tertiary/aromatic N) is 8. The van der Waals surface area contributed by atoms with E-state index in [2.05, 4.69) is 62.3 Å². The third kappa shape index (κ3) is 16.0. The van der Waals surface area contributed by atoms with Gasteiger partial charge in [-0.1, -0.05) is 94.9 Å². The number of hydrogen-bond acceptors (Lipinski definition) is 16. The average molecular weight is 1460 g/mol. The summed E-state index contributed by atoms with van der Waals surface area (Å²) in [6.45, 7) is 6.95. The minimum atomic E-state index is -0.364. The molecule has 4 fully saturated rings. The Morgan fingerprint density at radius 2 is 0.882 bits per heavy atom. The van der Waals surface area contributed by atoms with Gasteiger partial charge in [-0.15, -0.1) is 0 Å². The zero-order valence-corrected chi connectivity index (χ0v) is 60.1. The predicted molar refractivity (Wildman–Crippen MR) is 392 cm³/mol. The smallest absolute Gasteiger partial charge is 0.291 e. The molecule has 0 spiro atoms. The highest BCUT2D eigenvalue weighted by Gasteiger charge is 2.33. The fraction of sp³-hybridized carbons (Fsp3) is 0.378. The molecule has 0 bridgehead atoms. The third-order valence-corrected chi connectivity index (χ3v) is 21.3. The monoisotopic (exact) mass is 1460 g/mol. The van der Waals surface area contributed by atoms with E-state index in [1.54, 1.807) is 50.9 Å². The molecular weight excluding hydrogens is 1380 g/mol. The molecule has 102 heavy (non-hydrogen) atoms.